The van der Waals surface area contributed by atoms with Crippen LogP contribution in [0.5, 0.6) is 0 Å². The summed E-state index contributed by atoms with van der Waals surface area (Å²) in [5, 5.41) is 0. The minimum Gasteiger partial charge on any atom is -0.341 e. The first kappa shape index (κ1) is 18.4. The lowest BCUT2D eigenvalue weighted by Gasteiger charge is -2.23. The van der Waals surface area contributed by atoms with E-state index in [0.717, 1.165) is 4.47 Å². The van der Waals surface area contributed by atoms with Crippen LogP contribution < -0.4 is 5.73 Å². The van der Waals surface area contributed by atoms with Gasteiger partial charge in [0.05, 0.1) is 5.92 Å². The predicted molar refractivity (Wildman–Crippen MR) is 80.6 cm³/mol. The molecule has 2 unspecified atom stereocenters. The Morgan fingerprint density at radius 2 is 2.05 bits per heavy atom. The first-order chi connectivity index (χ1) is 8.32. The Kier molecular flexibility index (Phi) is 7.55. The van der Waals surface area contributed by atoms with Crippen LogP contribution in [0.15, 0.2) is 22.7 Å². The van der Waals surface area contributed by atoms with Crippen LogP contribution in [0, 0.1) is 11.7 Å². The van der Waals surface area contributed by atoms with Crippen LogP contribution in [0.1, 0.15) is 19.4 Å². The molecule has 1 aromatic carbocycles. The van der Waals surface area contributed by atoms with Gasteiger partial charge in [-0.3, -0.25) is 4.79 Å². The van der Waals surface area contributed by atoms with Crippen molar-refractivity contribution in [1.82, 2.24) is 4.90 Å². The van der Waals surface area contributed by atoms with Crippen molar-refractivity contribution in [1.29, 1.82) is 0 Å². The highest BCUT2D eigenvalue weighted by Gasteiger charge is 2.21. The van der Waals surface area contributed by atoms with E-state index in [4.69, 9.17) is 5.73 Å². The minimum absolute atomic E-state index is 0. The number of carbonyl (C=O) groups is 1. The molecule has 0 aliphatic rings. The third-order valence-electron chi connectivity index (χ3n) is 2.97. The van der Waals surface area contributed by atoms with Gasteiger partial charge < -0.3 is 10.6 Å². The Morgan fingerprint density at radius 3 is 2.58 bits per heavy atom. The second-order valence-electron chi connectivity index (χ2n) is 4.58. The maximum atomic E-state index is 13.6. The Balaban J connectivity index is 0.00000324. The van der Waals surface area contributed by atoms with Crippen molar-refractivity contribution in [2.24, 2.45) is 11.7 Å². The average Bonchev–Trinajstić information content (AvgIpc) is 2.31. The van der Waals surface area contributed by atoms with Gasteiger partial charge in [0.25, 0.3) is 0 Å². The lowest BCUT2D eigenvalue weighted by Crippen LogP contribution is -2.39. The molecule has 1 amide bonds. The average molecular weight is 354 g/mol. The highest BCUT2D eigenvalue weighted by molar-refractivity contribution is 9.10. The van der Waals surface area contributed by atoms with Gasteiger partial charge in [-0.05, 0) is 25.1 Å². The molecule has 0 bridgehead atoms. The molecule has 19 heavy (non-hydrogen) atoms. The fraction of sp³-hybridized carbons (Fsp3) is 0.462. The molecule has 6 heteroatoms. The summed E-state index contributed by atoms with van der Waals surface area (Å²) in [5.74, 6) is -0.666. The number of amides is 1. The zero-order valence-electron chi connectivity index (χ0n) is 11.2. The van der Waals surface area contributed by atoms with Gasteiger partial charge in [-0.25, -0.2) is 4.39 Å². The highest BCUT2D eigenvalue weighted by atomic mass is 79.9. The summed E-state index contributed by atoms with van der Waals surface area (Å²) in [6, 6.07) is 4.47. The normalized spacial score (nSPS) is 13.4. The lowest BCUT2D eigenvalue weighted by atomic mass is 10.0. The Bertz CT molecular complexity index is 443. The zero-order chi connectivity index (χ0) is 13.9. The number of carbonyl (C=O) groups excluding carboxylic acids is 1. The molecular formula is C13H19BrClFN2O. The molecule has 108 valence electrons. The summed E-state index contributed by atoms with van der Waals surface area (Å²) >= 11 is 3.29. The SMILES string of the molecule is CC(N)C(C)C(=O)N(C)Cc1cc(Br)ccc1F.Cl. The molecule has 0 radical (unpaired) electrons. The predicted octanol–water partition coefficient (Wildman–Crippen LogP) is 2.95. The zero-order valence-corrected chi connectivity index (χ0v) is 13.6. The standard InChI is InChI=1S/C13H18BrFN2O.ClH/c1-8(9(2)16)13(18)17(3)7-10-6-11(14)4-5-12(10)15;/h4-6,8-9H,7,16H2,1-3H3;1H. The van der Waals surface area contributed by atoms with Crippen LogP contribution in [0.3, 0.4) is 0 Å². The number of hydrogen-bond acceptors (Lipinski definition) is 2. The number of rotatable bonds is 4. The largest absolute Gasteiger partial charge is 0.341 e. The fourth-order valence-electron chi connectivity index (χ4n) is 1.57. The quantitative estimate of drug-likeness (QED) is 0.904. The molecule has 0 aliphatic heterocycles. The Labute approximate surface area is 127 Å². The number of nitrogens with zero attached hydrogens (tertiary/aromatic N) is 1. The van der Waals surface area contributed by atoms with E-state index < -0.39 is 0 Å². The van der Waals surface area contributed by atoms with Gasteiger partial charge in [0, 0.05) is 29.7 Å². The molecule has 0 saturated heterocycles. The smallest absolute Gasteiger partial charge is 0.226 e. The molecular weight excluding hydrogens is 335 g/mol. The summed E-state index contributed by atoms with van der Waals surface area (Å²) in [6.45, 7) is 3.80. The molecule has 2 atom stereocenters. The molecule has 1 rings (SSSR count). The Hall–Kier alpha value is -0.650. The van der Waals surface area contributed by atoms with Crippen molar-refractivity contribution < 1.29 is 9.18 Å². The van der Waals surface area contributed by atoms with Gasteiger partial charge >= 0.3 is 0 Å². The van der Waals surface area contributed by atoms with E-state index in [1.165, 1.54) is 11.0 Å². The van der Waals surface area contributed by atoms with E-state index in [1.54, 1.807) is 33.0 Å². The molecule has 0 aromatic heterocycles. The number of benzene rings is 1. The molecule has 1 aromatic rings. The van der Waals surface area contributed by atoms with E-state index in [1.807, 2.05) is 0 Å². The molecule has 0 aliphatic carbocycles. The van der Waals surface area contributed by atoms with Gasteiger partial charge in [0.2, 0.25) is 5.91 Å². The molecule has 3 nitrogen and oxygen atoms in total. The van der Waals surface area contributed by atoms with Crippen LogP contribution in [0.2, 0.25) is 0 Å². The molecule has 0 heterocycles. The summed E-state index contributed by atoms with van der Waals surface area (Å²) < 4.78 is 14.4. The second kappa shape index (κ2) is 7.82. The monoisotopic (exact) mass is 352 g/mol. The van der Waals surface area contributed by atoms with Crippen LogP contribution in [-0.2, 0) is 11.3 Å². The number of halogens is 3. The third kappa shape index (κ3) is 5.09. The maximum Gasteiger partial charge on any atom is 0.226 e. The van der Waals surface area contributed by atoms with Gasteiger partial charge in [0.1, 0.15) is 5.82 Å². The van der Waals surface area contributed by atoms with E-state index in [-0.39, 0.29) is 42.6 Å². The third-order valence-corrected chi connectivity index (χ3v) is 3.46. The number of nitrogens with two attached hydrogens (primary N) is 1. The fourth-order valence-corrected chi connectivity index (χ4v) is 1.98. The summed E-state index contributed by atoms with van der Waals surface area (Å²) in [7, 11) is 1.65. The lowest BCUT2D eigenvalue weighted by molar-refractivity contribution is -0.134. The second-order valence-corrected chi connectivity index (χ2v) is 5.49. The van der Waals surface area contributed by atoms with Crippen molar-refractivity contribution in [2.45, 2.75) is 26.4 Å². The van der Waals surface area contributed by atoms with Crippen LogP contribution in [0.25, 0.3) is 0 Å². The molecule has 0 spiro atoms. The van der Waals surface area contributed by atoms with E-state index in [0.29, 0.717) is 5.56 Å². The molecule has 2 N–H and O–H groups in total. The van der Waals surface area contributed by atoms with Crippen LogP contribution in [-0.4, -0.2) is 23.9 Å². The summed E-state index contributed by atoms with van der Waals surface area (Å²) in [5.41, 5.74) is 6.18. The highest BCUT2D eigenvalue weighted by Crippen LogP contribution is 2.17. The first-order valence-corrected chi connectivity index (χ1v) is 6.56. The van der Waals surface area contributed by atoms with Crippen molar-refractivity contribution in [2.75, 3.05) is 7.05 Å². The summed E-state index contributed by atoms with van der Waals surface area (Å²) in [4.78, 5) is 13.5. The summed E-state index contributed by atoms with van der Waals surface area (Å²) in [6.07, 6.45) is 0. The van der Waals surface area contributed by atoms with E-state index >= 15 is 0 Å². The minimum atomic E-state index is -0.314. The Morgan fingerprint density at radius 1 is 1.47 bits per heavy atom. The van der Waals surface area contributed by atoms with E-state index in [2.05, 4.69) is 15.9 Å². The van der Waals surface area contributed by atoms with E-state index in [9.17, 15) is 9.18 Å². The van der Waals surface area contributed by atoms with Gasteiger partial charge in [-0.15, -0.1) is 12.4 Å². The molecule has 0 saturated carbocycles. The maximum absolute atomic E-state index is 13.6. The van der Waals surface area contributed by atoms with Crippen molar-refractivity contribution in [3.05, 3.63) is 34.1 Å². The van der Waals surface area contributed by atoms with Crippen LogP contribution in [0.4, 0.5) is 4.39 Å². The topological polar surface area (TPSA) is 46.3 Å². The molecule has 0 fully saturated rings. The number of hydrogen-bond donors (Lipinski definition) is 1. The van der Waals surface area contributed by atoms with Gasteiger partial charge in [-0.1, -0.05) is 22.9 Å². The van der Waals surface area contributed by atoms with Gasteiger partial charge in [-0.2, -0.15) is 0 Å². The van der Waals surface area contributed by atoms with Crippen molar-refractivity contribution in [3.8, 4) is 0 Å². The van der Waals surface area contributed by atoms with Crippen LogP contribution >= 0.6 is 28.3 Å². The van der Waals surface area contributed by atoms with Gasteiger partial charge in [0.15, 0.2) is 0 Å². The first-order valence-electron chi connectivity index (χ1n) is 5.77. The van der Waals surface area contributed by atoms with Crippen molar-refractivity contribution in [3.63, 3.8) is 0 Å². The van der Waals surface area contributed by atoms with Crippen molar-refractivity contribution >= 4 is 34.2 Å².